The van der Waals surface area contributed by atoms with E-state index < -0.39 is 18.2 Å². The summed E-state index contributed by atoms with van der Waals surface area (Å²) in [5.41, 5.74) is 0. The van der Waals surface area contributed by atoms with E-state index in [1.165, 1.54) is 122 Å². The number of esters is 1. The third-order valence-corrected chi connectivity index (χ3v) is 12.5. The second-order valence-electron chi connectivity index (χ2n) is 19.0. The molecule has 3 N–H and O–H groups in total. The molecule has 3 unspecified atom stereocenters. The third-order valence-electron chi connectivity index (χ3n) is 12.5. The summed E-state index contributed by atoms with van der Waals surface area (Å²) in [4.78, 5) is 26.2. The lowest BCUT2D eigenvalue weighted by molar-refractivity contribution is -0.151. The van der Waals surface area contributed by atoms with Crippen LogP contribution >= 0.6 is 0 Å². The average molecular weight is 935 g/mol. The standard InChI is InChI=1S/C61H107NO5/c1-4-7-10-13-16-19-22-25-28-29-30-31-33-36-39-42-45-48-51-54-61(66)67-57(52-49-46-43-40-37-34-27-24-21-18-15-12-9-6-3)55-60(65)62-58(56-63)59(64)53-50-47-44-41-38-35-32-26-23-20-17-14-11-8-5-2/h9,12,16,18-19,21,25,27-28,30-31,34,40,43,57-59,63-64H,4-8,10-11,13-15,17,20,22-24,26,29,32-33,35-39,41-42,44-56H2,1-3H3,(H,62,65)/b12-9+,19-16-,21-18+,28-25-,31-30-,34-27+,43-40+. The monoisotopic (exact) mass is 934 g/mol. The van der Waals surface area contributed by atoms with Crippen molar-refractivity contribution in [2.24, 2.45) is 0 Å². The fourth-order valence-electron chi connectivity index (χ4n) is 8.20. The quantitative estimate of drug-likeness (QED) is 0.0321. The van der Waals surface area contributed by atoms with E-state index in [2.05, 4.69) is 111 Å². The average Bonchev–Trinajstić information content (AvgIpc) is 3.32. The molecule has 0 aliphatic heterocycles. The summed E-state index contributed by atoms with van der Waals surface area (Å²) in [5.74, 6) is -0.543. The third kappa shape index (κ3) is 49.3. The fraction of sp³-hybridized carbons (Fsp3) is 0.738. The minimum atomic E-state index is -0.809. The molecule has 3 atom stereocenters. The molecular formula is C61H107NO5. The van der Waals surface area contributed by atoms with Crippen molar-refractivity contribution >= 4 is 11.9 Å². The molecule has 0 aliphatic rings. The van der Waals surface area contributed by atoms with Gasteiger partial charge in [-0.2, -0.15) is 0 Å². The lowest BCUT2D eigenvalue weighted by Gasteiger charge is -2.24. The molecule has 0 bridgehead atoms. The first kappa shape index (κ1) is 64.0. The van der Waals surface area contributed by atoms with Crippen molar-refractivity contribution in [3.63, 3.8) is 0 Å². The molecule has 0 aromatic heterocycles. The number of hydrogen-bond donors (Lipinski definition) is 3. The number of aliphatic hydroxyl groups excluding tert-OH is 2. The zero-order chi connectivity index (χ0) is 48.8. The number of rotatable bonds is 50. The van der Waals surface area contributed by atoms with E-state index in [0.29, 0.717) is 19.3 Å². The van der Waals surface area contributed by atoms with Crippen molar-refractivity contribution in [1.82, 2.24) is 5.32 Å². The molecule has 386 valence electrons. The minimum absolute atomic E-state index is 0.0311. The maximum Gasteiger partial charge on any atom is 0.306 e. The Kier molecular flexibility index (Phi) is 51.6. The number of carbonyl (C=O) groups excluding carboxylic acids is 2. The predicted octanol–water partition coefficient (Wildman–Crippen LogP) is 17.5. The lowest BCUT2D eigenvalue weighted by atomic mass is 10.0. The van der Waals surface area contributed by atoms with Gasteiger partial charge in [0.2, 0.25) is 5.91 Å². The van der Waals surface area contributed by atoms with Crippen molar-refractivity contribution in [2.75, 3.05) is 6.61 Å². The molecule has 0 aliphatic carbocycles. The number of carbonyl (C=O) groups is 2. The van der Waals surface area contributed by atoms with E-state index in [0.717, 1.165) is 96.3 Å². The predicted molar refractivity (Wildman–Crippen MR) is 291 cm³/mol. The molecular weight excluding hydrogens is 827 g/mol. The first-order valence-corrected chi connectivity index (χ1v) is 28.3. The zero-order valence-corrected chi connectivity index (χ0v) is 44.0. The Balaban J connectivity index is 4.63. The van der Waals surface area contributed by atoms with Gasteiger partial charge in [0.1, 0.15) is 6.10 Å². The second-order valence-corrected chi connectivity index (χ2v) is 19.0. The molecule has 6 heteroatoms. The topological polar surface area (TPSA) is 95.9 Å². The van der Waals surface area contributed by atoms with Gasteiger partial charge in [-0.25, -0.2) is 0 Å². The van der Waals surface area contributed by atoms with Gasteiger partial charge in [0.15, 0.2) is 0 Å². The summed E-state index contributed by atoms with van der Waals surface area (Å²) >= 11 is 0. The molecule has 0 spiro atoms. The molecule has 0 saturated carbocycles. The normalized spacial score (nSPS) is 13.8. The summed E-state index contributed by atoms with van der Waals surface area (Å²) in [6.07, 6.45) is 70.8. The first-order chi connectivity index (χ1) is 33.0. The maximum absolute atomic E-state index is 13.2. The van der Waals surface area contributed by atoms with Crippen LogP contribution in [-0.4, -0.2) is 46.9 Å². The SMILES string of the molecule is CC/C=C/C/C=C/C/C=C/C/C=C/CCCC(CC(=O)NC(CO)C(O)CCCCCCCCCCCCCCCCC)OC(=O)CCCCCCCC/C=C\C/C=C\C/C=C\CCCCC. The van der Waals surface area contributed by atoms with E-state index in [-0.39, 0.29) is 24.9 Å². The van der Waals surface area contributed by atoms with Crippen molar-refractivity contribution in [1.29, 1.82) is 0 Å². The van der Waals surface area contributed by atoms with Crippen LogP contribution in [0.2, 0.25) is 0 Å². The number of nitrogens with one attached hydrogen (secondary N) is 1. The Morgan fingerprint density at radius 2 is 0.821 bits per heavy atom. The molecule has 0 fully saturated rings. The van der Waals surface area contributed by atoms with E-state index in [1.807, 2.05) is 0 Å². The van der Waals surface area contributed by atoms with Crippen LogP contribution in [-0.2, 0) is 14.3 Å². The van der Waals surface area contributed by atoms with Crippen LogP contribution < -0.4 is 5.32 Å². The van der Waals surface area contributed by atoms with Gasteiger partial charge in [-0.3, -0.25) is 9.59 Å². The number of unbranched alkanes of at least 4 members (excludes halogenated alkanes) is 24. The van der Waals surface area contributed by atoms with Crippen LogP contribution in [0.3, 0.4) is 0 Å². The van der Waals surface area contributed by atoms with Gasteiger partial charge in [-0.1, -0.05) is 241 Å². The fourth-order valence-corrected chi connectivity index (χ4v) is 8.20. The van der Waals surface area contributed by atoms with Crippen molar-refractivity contribution in [3.05, 3.63) is 85.1 Å². The van der Waals surface area contributed by atoms with Crippen LogP contribution in [0.25, 0.3) is 0 Å². The highest BCUT2D eigenvalue weighted by molar-refractivity contribution is 5.77. The van der Waals surface area contributed by atoms with Crippen molar-refractivity contribution in [2.45, 2.75) is 283 Å². The number of hydrogen-bond acceptors (Lipinski definition) is 5. The number of aliphatic hydroxyl groups is 2. The number of ether oxygens (including phenoxy) is 1. The highest BCUT2D eigenvalue weighted by atomic mass is 16.5. The Hall–Kier alpha value is -2.96. The molecule has 6 nitrogen and oxygen atoms in total. The van der Waals surface area contributed by atoms with Gasteiger partial charge in [-0.15, -0.1) is 0 Å². The van der Waals surface area contributed by atoms with Crippen LogP contribution in [0, 0.1) is 0 Å². The van der Waals surface area contributed by atoms with Gasteiger partial charge < -0.3 is 20.3 Å². The van der Waals surface area contributed by atoms with Gasteiger partial charge in [0, 0.05) is 6.42 Å². The van der Waals surface area contributed by atoms with Crippen molar-refractivity contribution in [3.8, 4) is 0 Å². The number of allylic oxidation sites excluding steroid dienone is 14. The zero-order valence-electron chi connectivity index (χ0n) is 44.0. The smallest absolute Gasteiger partial charge is 0.306 e. The Labute approximate surface area is 414 Å². The highest BCUT2D eigenvalue weighted by Gasteiger charge is 2.24. The van der Waals surface area contributed by atoms with Crippen LogP contribution in [0.4, 0.5) is 0 Å². The summed E-state index contributed by atoms with van der Waals surface area (Å²) < 4.78 is 5.92. The van der Waals surface area contributed by atoms with Gasteiger partial charge in [-0.05, 0) is 96.3 Å². The summed E-state index contributed by atoms with van der Waals surface area (Å²) in [6, 6.07) is -0.726. The Morgan fingerprint density at radius 3 is 1.28 bits per heavy atom. The maximum atomic E-state index is 13.2. The minimum Gasteiger partial charge on any atom is -0.462 e. The van der Waals surface area contributed by atoms with Crippen LogP contribution in [0.15, 0.2) is 85.1 Å². The molecule has 1 amide bonds. The molecule has 0 heterocycles. The summed E-state index contributed by atoms with van der Waals surface area (Å²) in [7, 11) is 0. The lowest BCUT2D eigenvalue weighted by Crippen LogP contribution is -2.46. The molecule has 0 radical (unpaired) electrons. The molecule has 0 rings (SSSR count). The molecule has 0 aromatic carbocycles. The van der Waals surface area contributed by atoms with Gasteiger partial charge in [0.05, 0.1) is 25.2 Å². The van der Waals surface area contributed by atoms with E-state index >= 15 is 0 Å². The second kappa shape index (κ2) is 54.0. The number of amides is 1. The van der Waals surface area contributed by atoms with Crippen LogP contribution in [0.1, 0.15) is 265 Å². The molecule has 0 saturated heterocycles. The molecule has 67 heavy (non-hydrogen) atoms. The largest absolute Gasteiger partial charge is 0.462 e. The highest BCUT2D eigenvalue weighted by Crippen LogP contribution is 2.17. The van der Waals surface area contributed by atoms with Gasteiger partial charge in [0.25, 0.3) is 0 Å². The summed E-state index contributed by atoms with van der Waals surface area (Å²) in [6.45, 7) is 6.34. The van der Waals surface area contributed by atoms with E-state index in [9.17, 15) is 19.8 Å². The van der Waals surface area contributed by atoms with Gasteiger partial charge >= 0.3 is 5.97 Å². The Morgan fingerprint density at radius 1 is 0.448 bits per heavy atom. The summed E-state index contributed by atoms with van der Waals surface area (Å²) in [5, 5.41) is 23.8. The Bertz CT molecular complexity index is 1280. The molecule has 0 aromatic rings. The van der Waals surface area contributed by atoms with Crippen LogP contribution in [0.5, 0.6) is 0 Å². The van der Waals surface area contributed by atoms with Crippen molar-refractivity contribution < 1.29 is 24.5 Å². The van der Waals surface area contributed by atoms with E-state index in [1.54, 1.807) is 0 Å². The first-order valence-electron chi connectivity index (χ1n) is 28.3. The van der Waals surface area contributed by atoms with E-state index in [4.69, 9.17) is 4.74 Å².